The Morgan fingerprint density at radius 2 is 1.65 bits per heavy atom. The number of pyridine rings is 1. The van der Waals surface area contributed by atoms with Crippen molar-refractivity contribution in [2.45, 2.75) is 0 Å². The third kappa shape index (κ3) is 4.87. The van der Waals surface area contributed by atoms with E-state index in [1.165, 1.54) is 28.6 Å². The Labute approximate surface area is 216 Å². The van der Waals surface area contributed by atoms with E-state index < -0.39 is 0 Å². The maximum Gasteiger partial charge on any atom is 0.259 e. The van der Waals surface area contributed by atoms with Gasteiger partial charge in [-0.05, 0) is 30.3 Å². The van der Waals surface area contributed by atoms with Gasteiger partial charge in [-0.1, -0.05) is 41.7 Å². The first kappa shape index (κ1) is 24.0. The van der Waals surface area contributed by atoms with Crippen molar-refractivity contribution in [3.05, 3.63) is 84.2 Å². The summed E-state index contributed by atoms with van der Waals surface area (Å²) >= 11 is 1.27. The summed E-state index contributed by atoms with van der Waals surface area (Å²) in [5, 5.41) is 11.1. The molecule has 5 rings (SSSR count). The fourth-order valence-corrected chi connectivity index (χ4v) is 4.65. The van der Waals surface area contributed by atoms with E-state index in [1.54, 1.807) is 33.3 Å². The summed E-state index contributed by atoms with van der Waals surface area (Å²) in [6.45, 7) is 0. The van der Waals surface area contributed by atoms with Gasteiger partial charge in [0.05, 0.1) is 30.8 Å². The summed E-state index contributed by atoms with van der Waals surface area (Å²) in [6, 6.07) is 18.4. The largest absolute Gasteiger partial charge is 0.496 e. The molecule has 0 saturated heterocycles. The fraction of sp³-hybridized carbons (Fsp3) is 0.111. The molecule has 0 atom stereocenters. The van der Waals surface area contributed by atoms with E-state index in [9.17, 15) is 9.59 Å². The van der Waals surface area contributed by atoms with Gasteiger partial charge < -0.3 is 9.64 Å². The van der Waals surface area contributed by atoms with Gasteiger partial charge in [0.25, 0.3) is 11.8 Å². The normalized spacial score (nSPS) is 10.8. The molecule has 3 heterocycles. The minimum absolute atomic E-state index is 0.0592. The molecule has 0 spiro atoms. The van der Waals surface area contributed by atoms with Crippen molar-refractivity contribution >= 4 is 38.6 Å². The lowest BCUT2D eigenvalue weighted by Crippen LogP contribution is -2.21. The topological polar surface area (TPSA) is 110 Å². The van der Waals surface area contributed by atoms with Gasteiger partial charge >= 0.3 is 0 Å². The number of thiazole rings is 1. The molecule has 1 N–H and O–H groups in total. The third-order valence-electron chi connectivity index (χ3n) is 5.68. The van der Waals surface area contributed by atoms with Crippen molar-refractivity contribution in [1.29, 1.82) is 0 Å². The van der Waals surface area contributed by atoms with E-state index in [0.29, 0.717) is 37.9 Å². The lowest BCUT2D eigenvalue weighted by Gasteiger charge is -2.11. The summed E-state index contributed by atoms with van der Waals surface area (Å²) in [6.07, 6.45) is 2.96. The molecule has 0 aliphatic heterocycles. The number of amides is 2. The first-order valence-electron chi connectivity index (χ1n) is 11.3. The van der Waals surface area contributed by atoms with Crippen LogP contribution < -0.4 is 10.1 Å². The molecule has 0 radical (unpaired) electrons. The van der Waals surface area contributed by atoms with Gasteiger partial charge in [0.2, 0.25) is 0 Å². The van der Waals surface area contributed by atoms with Crippen LogP contribution in [0, 0.1) is 0 Å². The van der Waals surface area contributed by atoms with E-state index in [0.717, 1.165) is 16.8 Å². The number of hydrogen-bond acceptors (Lipinski definition) is 8. The molecule has 10 heteroatoms. The number of carbonyl (C=O) groups is 2. The van der Waals surface area contributed by atoms with Crippen molar-refractivity contribution in [3.63, 3.8) is 0 Å². The number of methoxy groups -OCH3 is 1. The summed E-state index contributed by atoms with van der Waals surface area (Å²) in [7, 11) is 5.01. The minimum Gasteiger partial charge on any atom is -0.496 e. The molecule has 0 saturated carbocycles. The van der Waals surface area contributed by atoms with E-state index in [1.807, 2.05) is 48.5 Å². The Balaban J connectivity index is 1.40. The Morgan fingerprint density at radius 3 is 2.41 bits per heavy atom. The van der Waals surface area contributed by atoms with Crippen LogP contribution in [-0.2, 0) is 0 Å². The van der Waals surface area contributed by atoms with Crippen LogP contribution in [0.2, 0.25) is 0 Å². The van der Waals surface area contributed by atoms with Gasteiger partial charge in [0, 0.05) is 36.3 Å². The monoisotopic (exact) mass is 510 g/mol. The zero-order chi connectivity index (χ0) is 25.9. The number of nitrogens with zero attached hydrogens (tertiary/aromatic N) is 5. The lowest BCUT2D eigenvalue weighted by molar-refractivity contribution is 0.0827. The maximum atomic E-state index is 13.2. The van der Waals surface area contributed by atoms with Crippen LogP contribution in [0.15, 0.2) is 73.1 Å². The molecule has 2 amide bonds. The number of benzene rings is 2. The average molecular weight is 511 g/mol. The summed E-state index contributed by atoms with van der Waals surface area (Å²) in [5.74, 6) is 0.202. The number of aromatic nitrogens is 4. The molecule has 0 unspecified atom stereocenters. The highest BCUT2D eigenvalue weighted by Crippen LogP contribution is 2.32. The predicted octanol–water partition coefficient (Wildman–Crippen LogP) is 4.78. The molecule has 9 nitrogen and oxygen atoms in total. The Bertz CT molecular complexity index is 1610. The lowest BCUT2D eigenvalue weighted by atomic mass is 10.0. The van der Waals surface area contributed by atoms with Gasteiger partial charge in [-0.25, -0.2) is 9.97 Å². The number of ether oxygens (including phenoxy) is 1. The summed E-state index contributed by atoms with van der Waals surface area (Å²) < 4.78 is 5.45. The first-order chi connectivity index (χ1) is 17.9. The highest BCUT2D eigenvalue weighted by Gasteiger charge is 2.18. The standard InChI is InChI=1S/C27H22N6O3S/c1-33(2)26(35)17-10-8-16(9-11-17)21-12-13-22-25(30-21)37-27(31-22)32-24(34)20-15-29-28-14-19(20)18-6-4-5-7-23(18)36-3/h4-15H,1-3H3,(H,31,32,34). The van der Waals surface area contributed by atoms with Crippen LogP contribution >= 0.6 is 11.3 Å². The van der Waals surface area contributed by atoms with Gasteiger partial charge in [-0.2, -0.15) is 10.2 Å². The molecule has 3 aromatic heterocycles. The van der Waals surface area contributed by atoms with Crippen LogP contribution in [0.3, 0.4) is 0 Å². The third-order valence-corrected chi connectivity index (χ3v) is 6.56. The fourth-order valence-electron chi connectivity index (χ4n) is 3.82. The summed E-state index contributed by atoms with van der Waals surface area (Å²) in [4.78, 5) is 36.8. The molecule has 37 heavy (non-hydrogen) atoms. The molecular formula is C27H22N6O3S. The Kier molecular flexibility index (Phi) is 6.57. The first-order valence-corrected chi connectivity index (χ1v) is 12.1. The van der Waals surface area contributed by atoms with Crippen LogP contribution in [0.1, 0.15) is 20.7 Å². The smallest absolute Gasteiger partial charge is 0.259 e. The second-order valence-electron chi connectivity index (χ2n) is 8.29. The Hall–Kier alpha value is -4.70. The van der Waals surface area contributed by atoms with Gasteiger partial charge in [-0.3, -0.25) is 14.9 Å². The zero-order valence-corrected chi connectivity index (χ0v) is 21.1. The van der Waals surface area contributed by atoms with Crippen LogP contribution in [0.25, 0.3) is 32.7 Å². The average Bonchev–Trinajstić information content (AvgIpc) is 3.34. The van der Waals surface area contributed by atoms with Crippen molar-refractivity contribution in [2.24, 2.45) is 0 Å². The quantitative estimate of drug-likeness (QED) is 0.350. The number of hydrogen-bond donors (Lipinski definition) is 1. The van der Waals surface area contributed by atoms with Crippen LogP contribution in [0.4, 0.5) is 5.13 Å². The van der Waals surface area contributed by atoms with E-state index in [4.69, 9.17) is 9.72 Å². The zero-order valence-electron chi connectivity index (χ0n) is 20.3. The van der Waals surface area contributed by atoms with Crippen molar-refractivity contribution in [3.8, 4) is 28.1 Å². The SMILES string of the molecule is COc1ccccc1-c1cnncc1C(=O)Nc1nc2ccc(-c3ccc(C(=O)N(C)C)cc3)nc2s1. The second-order valence-corrected chi connectivity index (χ2v) is 9.27. The summed E-state index contributed by atoms with van der Waals surface area (Å²) in [5.41, 5.74) is 4.58. The Morgan fingerprint density at radius 1 is 0.892 bits per heavy atom. The molecule has 0 aliphatic carbocycles. The van der Waals surface area contributed by atoms with Crippen LogP contribution in [0.5, 0.6) is 5.75 Å². The van der Waals surface area contributed by atoms with Gasteiger partial charge in [-0.15, -0.1) is 0 Å². The second kappa shape index (κ2) is 10.1. The number of fused-ring (bicyclic) bond motifs is 1. The minimum atomic E-state index is -0.365. The number of anilines is 1. The molecule has 0 bridgehead atoms. The number of para-hydroxylation sites is 1. The van der Waals surface area contributed by atoms with E-state index in [2.05, 4.69) is 20.5 Å². The molecule has 5 aromatic rings. The predicted molar refractivity (Wildman–Crippen MR) is 143 cm³/mol. The molecular weight excluding hydrogens is 488 g/mol. The highest BCUT2D eigenvalue weighted by molar-refractivity contribution is 7.22. The van der Waals surface area contributed by atoms with E-state index in [-0.39, 0.29) is 11.8 Å². The number of rotatable bonds is 6. The molecule has 0 fully saturated rings. The molecule has 2 aromatic carbocycles. The highest BCUT2D eigenvalue weighted by atomic mass is 32.1. The van der Waals surface area contributed by atoms with E-state index >= 15 is 0 Å². The van der Waals surface area contributed by atoms with Gasteiger partial charge in [0.15, 0.2) is 5.13 Å². The maximum absolute atomic E-state index is 13.2. The van der Waals surface area contributed by atoms with Crippen LogP contribution in [-0.4, -0.2) is 58.1 Å². The van der Waals surface area contributed by atoms with Crippen molar-refractivity contribution in [2.75, 3.05) is 26.5 Å². The van der Waals surface area contributed by atoms with Gasteiger partial charge in [0.1, 0.15) is 16.1 Å². The molecule has 0 aliphatic rings. The van der Waals surface area contributed by atoms with Crippen molar-refractivity contribution < 1.29 is 14.3 Å². The number of carbonyl (C=O) groups excluding carboxylic acids is 2. The number of nitrogens with one attached hydrogen (secondary N) is 1. The van der Waals surface area contributed by atoms with Crippen molar-refractivity contribution in [1.82, 2.24) is 25.1 Å². The molecule has 184 valence electrons.